The molecule has 12 heteroatoms. The van der Waals surface area contributed by atoms with Crippen molar-refractivity contribution in [2.45, 2.75) is 62.7 Å². The summed E-state index contributed by atoms with van der Waals surface area (Å²) in [6.45, 7) is 6.24. The van der Waals surface area contributed by atoms with E-state index in [2.05, 4.69) is 27.9 Å². The van der Waals surface area contributed by atoms with Crippen molar-refractivity contribution in [2.24, 2.45) is 0 Å². The lowest BCUT2D eigenvalue weighted by Gasteiger charge is -2.41. The van der Waals surface area contributed by atoms with Gasteiger partial charge in [0, 0.05) is 57.5 Å². The highest BCUT2D eigenvalue weighted by Crippen LogP contribution is 2.21. The van der Waals surface area contributed by atoms with Crippen molar-refractivity contribution in [2.75, 3.05) is 92.5 Å². The average Bonchev–Trinajstić information content (AvgIpc) is 2.95. The maximum absolute atomic E-state index is 13.6. The van der Waals surface area contributed by atoms with Crippen LogP contribution in [0.5, 0.6) is 0 Å². The molecule has 0 unspecified atom stereocenters. The molecule has 0 aromatic heterocycles. The van der Waals surface area contributed by atoms with Gasteiger partial charge in [-0.1, -0.05) is 0 Å². The largest absolute Gasteiger partial charge is 0.381 e. The zero-order valence-corrected chi connectivity index (χ0v) is 23.5. The fourth-order valence-electron chi connectivity index (χ4n) is 5.86. The van der Waals surface area contributed by atoms with Crippen molar-refractivity contribution in [3.05, 3.63) is 0 Å². The Morgan fingerprint density at radius 2 is 1.54 bits per heavy atom. The van der Waals surface area contributed by atoms with Crippen molar-refractivity contribution in [1.29, 1.82) is 0 Å². The number of nitrogens with zero attached hydrogens (tertiary/aromatic N) is 3. The highest BCUT2D eigenvalue weighted by molar-refractivity contribution is 5.90. The number of rotatable bonds is 6. The molecule has 3 N–H and O–H groups in total. The van der Waals surface area contributed by atoms with Crippen LogP contribution in [0, 0.1) is 0 Å². The van der Waals surface area contributed by atoms with Gasteiger partial charge in [0.15, 0.2) is 0 Å². The van der Waals surface area contributed by atoms with Crippen LogP contribution >= 0.6 is 0 Å². The zero-order valence-electron chi connectivity index (χ0n) is 23.5. The predicted molar refractivity (Wildman–Crippen MR) is 145 cm³/mol. The number of carbonyl (C=O) groups excluding carboxylic acids is 3. The summed E-state index contributed by atoms with van der Waals surface area (Å²) in [6.07, 6.45) is 5.40. The molecule has 0 spiro atoms. The first-order chi connectivity index (χ1) is 19.0. The lowest BCUT2D eigenvalue weighted by molar-refractivity contribution is -0.148. The molecule has 4 heterocycles. The Balaban J connectivity index is 1.39. The number of likely N-dealkylation sites (tertiary alicyclic amines) is 1. The molecule has 0 radical (unpaired) electrons. The minimum absolute atomic E-state index is 0.0645. The van der Waals surface area contributed by atoms with Crippen molar-refractivity contribution in [3.8, 4) is 0 Å². The molecule has 4 aliphatic heterocycles. The topological polar surface area (TPSA) is 125 Å². The van der Waals surface area contributed by atoms with Gasteiger partial charge >= 0.3 is 0 Å². The molecule has 12 nitrogen and oxygen atoms in total. The van der Waals surface area contributed by atoms with Crippen LogP contribution in [0.15, 0.2) is 0 Å². The first kappa shape index (κ1) is 30.1. The van der Waals surface area contributed by atoms with Gasteiger partial charge < -0.3 is 44.9 Å². The molecule has 0 bridgehead atoms. The van der Waals surface area contributed by atoms with Gasteiger partial charge in [-0.15, -0.1) is 0 Å². The summed E-state index contributed by atoms with van der Waals surface area (Å²) in [5.74, 6) is -0.586. The van der Waals surface area contributed by atoms with E-state index in [1.807, 2.05) is 0 Å². The smallest absolute Gasteiger partial charge is 0.249 e. The van der Waals surface area contributed by atoms with E-state index in [-0.39, 0.29) is 43.5 Å². The maximum atomic E-state index is 13.6. The van der Waals surface area contributed by atoms with E-state index in [9.17, 15) is 14.4 Å². The van der Waals surface area contributed by atoms with Crippen LogP contribution in [0.25, 0.3) is 0 Å². The Kier molecular flexibility index (Phi) is 12.2. The van der Waals surface area contributed by atoms with Crippen LogP contribution in [-0.2, 0) is 28.6 Å². The van der Waals surface area contributed by atoms with Gasteiger partial charge in [0.1, 0.15) is 12.6 Å². The molecule has 0 aromatic rings. The van der Waals surface area contributed by atoms with Crippen molar-refractivity contribution in [3.63, 3.8) is 0 Å². The van der Waals surface area contributed by atoms with Gasteiger partial charge in [-0.3, -0.25) is 14.4 Å². The lowest BCUT2D eigenvalue weighted by Crippen LogP contribution is -2.60. The molecule has 39 heavy (non-hydrogen) atoms. The van der Waals surface area contributed by atoms with Crippen LogP contribution in [-0.4, -0.2) is 149 Å². The summed E-state index contributed by atoms with van der Waals surface area (Å²) >= 11 is 0. The molecule has 2 atom stereocenters. The average molecular weight is 553 g/mol. The number of piperidine rings is 2. The summed E-state index contributed by atoms with van der Waals surface area (Å²) in [7, 11) is 2.15. The van der Waals surface area contributed by atoms with Gasteiger partial charge in [-0.2, -0.15) is 0 Å². The molecule has 4 saturated heterocycles. The molecule has 4 aliphatic rings. The third kappa shape index (κ3) is 9.65. The van der Waals surface area contributed by atoms with Gasteiger partial charge in [-0.05, 0) is 58.7 Å². The van der Waals surface area contributed by atoms with Gasteiger partial charge in [0.05, 0.1) is 26.4 Å². The van der Waals surface area contributed by atoms with Crippen LogP contribution in [0.3, 0.4) is 0 Å². The quantitative estimate of drug-likeness (QED) is 0.372. The zero-order chi connectivity index (χ0) is 27.5. The van der Waals surface area contributed by atoms with Crippen LogP contribution in [0.1, 0.15) is 38.5 Å². The lowest BCUT2D eigenvalue weighted by atomic mass is 9.94. The summed E-state index contributed by atoms with van der Waals surface area (Å²) < 4.78 is 16.5. The van der Waals surface area contributed by atoms with E-state index < -0.39 is 6.04 Å². The van der Waals surface area contributed by atoms with E-state index in [0.29, 0.717) is 57.9 Å². The number of hydrogen-bond donors (Lipinski definition) is 3. The molecule has 222 valence electrons. The maximum Gasteiger partial charge on any atom is 0.249 e. The van der Waals surface area contributed by atoms with Gasteiger partial charge in [0.25, 0.3) is 0 Å². The van der Waals surface area contributed by atoms with Gasteiger partial charge in [0.2, 0.25) is 17.7 Å². The van der Waals surface area contributed by atoms with Crippen LogP contribution < -0.4 is 16.0 Å². The summed E-state index contributed by atoms with van der Waals surface area (Å²) in [6, 6.07) is 0.383. The molecule has 4 rings (SSSR count). The second-order valence-electron chi connectivity index (χ2n) is 11.2. The third-order valence-corrected chi connectivity index (χ3v) is 8.27. The first-order valence-electron chi connectivity index (χ1n) is 14.8. The SMILES string of the molecule is CN1CCC(N[C@@H]2CCN3C(=O)CN(CCNC4CCOCC4)C(=O)COCCOCCNC(=O)[C@@H]3C2)CC1. The van der Waals surface area contributed by atoms with Crippen molar-refractivity contribution < 1.29 is 28.6 Å². The van der Waals surface area contributed by atoms with Crippen molar-refractivity contribution >= 4 is 17.7 Å². The van der Waals surface area contributed by atoms with E-state index >= 15 is 0 Å². The number of fused-ring (bicyclic) bond motifs is 1. The molecule has 0 saturated carbocycles. The predicted octanol–water partition coefficient (Wildman–Crippen LogP) is -1.21. The number of hydrogen-bond acceptors (Lipinski definition) is 9. The first-order valence-corrected chi connectivity index (χ1v) is 14.8. The summed E-state index contributed by atoms with van der Waals surface area (Å²) in [5.41, 5.74) is 0. The minimum atomic E-state index is -0.575. The molecule has 0 aliphatic carbocycles. The molecular weight excluding hydrogens is 504 g/mol. The number of amides is 3. The molecule has 4 fully saturated rings. The number of nitrogens with one attached hydrogen (secondary N) is 3. The normalized spacial score (nSPS) is 28.5. The third-order valence-electron chi connectivity index (χ3n) is 8.27. The van der Waals surface area contributed by atoms with E-state index in [4.69, 9.17) is 14.2 Å². The molecule has 0 aromatic carbocycles. The minimum Gasteiger partial charge on any atom is -0.381 e. The monoisotopic (exact) mass is 552 g/mol. The summed E-state index contributed by atoms with van der Waals surface area (Å²) in [5, 5.41) is 10.2. The Bertz CT molecular complexity index is 789. The van der Waals surface area contributed by atoms with Crippen LogP contribution in [0.4, 0.5) is 0 Å². The number of carbonyl (C=O) groups is 3. The number of ether oxygens (including phenoxy) is 3. The standard InChI is InChI=1S/C27H48N6O6/c1-31-9-2-22(3-10-31)30-23-4-11-33-24(18-23)27(36)29-8-15-38-16-17-39-20-26(35)32(19-25(33)34)12-7-28-21-5-13-37-14-6-21/h21-24,28,30H,2-20H2,1H3,(H,29,36)/t23-,24+/m1/s1. The molecule has 3 amide bonds. The van der Waals surface area contributed by atoms with Crippen molar-refractivity contribution in [1.82, 2.24) is 30.7 Å². The van der Waals surface area contributed by atoms with Gasteiger partial charge in [-0.25, -0.2) is 0 Å². The summed E-state index contributed by atoms with van der Waals surface area (Å²) in [4.78, 5) is 45.5. The van der Waals surface area contributed by atoms with E-state index in [0.717, 1.165) is 58.4 Å². The van der Waals surface area contributed by atoms with E-state index in [1.165, 1.54) is 0 Å². The highest BCUT2D eigenvalue weighted by Gasteiger charge is 2.37. The van der Waals surface area contributed by atoms with Crippen LogP contribution in [0.2, 0.25) is 0 Å². The Morgan fingerprint density at radius 3 is 2.33 bits per heavy atom. The fourth-order valence-corrected chi connectivity index (χ4v) is 5.86. The Labute approximate surface area is 232 Å². The Morgan fingerprint density at radius 1 is 0.821 bits per heavy atom. The fraction of sp³-hybridized carbons (Fsp3) is 0.889. The second-order valence-corrected chi connectivity index (χ2v) is 11.2. The Hall–Kier alpha value is -1.83. The molecular formula is C27H48N6O6. The second kappa shape index (κ2) is 15.8. The van der Waals surface area contributed by atoms with E-state index in [1.54, 1.807) is 9.80 Å². The highest BCUT2D eigenvalue weighted by atomic mass is 16.5.